The van der Waals surface area contributed by atoms with Crippen LogP contribution in [0.5, 0.6) is 0 Å². The Bertz CT molecular complexity index is 661. The number of hydrogen-bond donors (Lipinski definition) is 2. The average Bonchev–Trinajstić information content (AvgIpc) is 2.61. The van der Waals surface area contributed by atoms with Crippen molar-refractivity contribution in [3.8, 4) is 0 Å². The Labute approximate surface area is 150 Å². The zero-order valence-corrected chi connectivity index (χ0v) is 15.2. The average molecular weight is 339 g/mol. The summed E-state index contributed by atoms with van der Waals surface area (Å²) in [5.74, 6) is 0.558. The van der Waals surface area contributed by atoms with Crippen LogP contribution in [0.2, 0.25) is 0 Å². The summed E-state index contributed by atoms with van der Waals surface area (Å²) in [4.78, 5) is 6.90. The van der Waals surface area contributed by atoms with E-state index in [1.165, 1.54) is 5.56 Å². The molecule has 25 heavy (non-hydrogen) atoms. The molecule has 1 fully saturated rings. The van der Waals surface area contributed by atoms with Crippen LogP contribution in [-0.4, -0.2) is 40.7 Å². The van der Waals surface area contributed by atoms with Gasteiger partial charge in [-0.05, 0) is 37.0 Å². The summed E-state index contributed by atoms with van der Waals surface area (Å²) in [7, 11) is 0. The van der Waals surface area contributed by atoms with E-state index in [0.29, 0.717) is 18.5 Å². The Kier molecular flexibility index (Phi) is 6.19. The van der Waals surface area contributed by atoms with Crippen molar-refractivity contribution >= 4 is 0 Å². The van der Waals surface area contributed by atoms with E-state index in [2.05, 4.69) is 47.2 Å². The zero-order chi connectivity index (χ0) is 17.6. The van der Waals surface area contributed by atoms with Gasteiger partial charge in [0.25, 0.3) is 0 Å². The number of aliphatic hydroxyl groups is 1. The summed E-state index contributed by atoms with van der Waals surface area (Å²) in [6.45, 7) is 8.01. The highest BCUT2D eigenvalue weighted by Gasteiger charge is 2.26. The van der Waals surface area contributed by atoms with Gasteiger partial charge in [0.2, 0.25) is 0 Å². The lowest BCUT2D eigenvalue weighted by Gasteiger charge is -2.37. The molecule has 0 radical (unpaired) electrons. The maximum atomic E-state index is 10.4. The third kappa shape index (κ3) is 5.11. The van der Waals surface area contributed by atoms with Crippen molar-refractivity contribution in [1.29, 1.82) is 0 Å². The van der Waals surface area contributed by atoms with Crippen molar-refractivity contribution in [2.24, 2.45) is 5.92 Å². The number of pyridine rings is 1. The molecule has 4 heteroatoms. The highest BCUT2D eigenvalue weighted by Crippen LogP contribution is 2.20. The maximum absolute atomic E-state index is 10.4. The lowest BCUT2D eigenvalue weighted by Crippen LogP contribution is -2.48. The lowest BCUT2D eigenvalue weighted by molar-refractivity contribution is 0.119. The van der Waals surface area contributed by atoms with Crippen LogP contribution in [0, 0.1) is 12.8 Å². The molecule has 2 N–H and O–H groups in total. The van der Waals surface area contributed by atoms with Crippen LogP contribution in [0.1, 0.15) is 36.3 Å². The van der Waals surface area contributed by atoms with Gasteiger partial charge in [-0.3, -0.25) is 9.88 Å². The number of nitrogens with zero attached hydrogens (tertiary/aromatic N) is 2. The fourth-order valence-electron chi connectivity index (χ4n) is 3.66. The van der Waals surface area contributed by atoms with Gasteiger partial charge in [-0.15, -0.1) is 0 Å². The van der Waals surface area contributed by atoms with Gasteiger partial charge >= 0.3 is 0 Å². The number of nitrogens with one attached hydrogen (secondary N) is 1. The van der Waals surface area contributed by atoms with Crippen LogP contribution < -0.4 is 5.32 Å². The molecule has 1 aromatic heterocycles. The molecular formula is C21H29N3O. The first kappa shape index (κ1) is 18.1. The van der Waals surface area contributed by atoms with E-state index in [0.717, 1.165) is 37.3 Å². The van der Waals surface area contributed by atoms with Crippen molar-refractivity contribution in [1.82, 2.24) is 15.2 Å². The maximum Gasteiger partial charge on any atom is 0.0914 e. The summed E-state index contributed by atoms with van der Waals surface area (Å²) < 4.78 is 0. The topological polar surface area (TPSA) is 48.4 Å². The highest BCUT2D eigenvalue weighted by molar-refractivity contribution is 5.24. The molecule has 2 heterocycles. The first-order chi connectivity index (χ1) is 12.1. The van der Waals surface area contributed by atoms with Crippen LogP contribution in [0.25, 0.3) is 0 Å². The van der Waals surface area contributed by atoms with E-state index in [9.17, 15) is 5.11 Å². The molecule has 0 saturated carbocycles. The number of rotatable bonds is 6. The number of aryl methyl sites for hydroxylation is 1. The predicted octanol–water partition coefficient (Wildman–Crippen LogP) is 2.92. The molecule has 3 unspecified atom stereocenters. The first-order valence-electron chi connectivity index (χ1n) is 9.22. The number of likely N-dealkylation sites (tertiary alicyclic amines) is 1. The van der Waals surface area contributed by atoms with Gasteiger partial charge < -0.3 is 10.4 Å². The Morgan fingerprint density at radius 3 is 2.88 bits per heavy atom. The van der Waals surface area contributed by atoms with Gasteiger partial charge in [-0.25, -0.2) is 0 Å². The van der Waals surface area contributed by atoms with Crippen LogP contribution >= 0.6 is 0 Å². The SMILES string of the molecule is Cc1cccc(C(O)CNC2CCN(Cc3ccccn3)CC2C)c1. The van der Waals surface area contributed by atoms with E-state index in [4.69, 9.17) is 0 Å². The smallest absolute Gasteiger partial charge is 0.0914 e. The van der Waals surface area contributed by atoms with Crippen molar-refractivity contribution < 1.29 is 5.11 Å². The van der Waals surface area contributed by atoms with Crippen LogP contribution in [0.4, 0.5) is 0 Å². The van der Waals surface area contributed by atoms with Crippen LogP contribution in [-0.2, 0) is 6.54 Å². The second-order valence-electron chi connectivity index (χ2n) is 7.27. The predicted molar refractivity (Wildman–Crippen MR) is 101 cm³/mol. The minimum atomic E-state index is -0.446. The monoisotopic (exact) mass is 339 g/mol. The van der Waals surface area contributed by atoms with Gasteiger partial charge in [0.1, 0.15) is 0 Å². The van der Waals surface area contributed by atoms with E-state index in [1.807, 2.05) is 30.5 Å². The molecule has 0 amide bonds. The Balaban J connectivity index is 1.47. The molecular weight excluding hydrogens is 310 g/mol. The Morgan fingerprint density at radius 1 is 1.28 bits per heavy atom. The quantitative estimate of drug-likeness (QED) is 0.850. The highest BCUT2D eigenvalue weighted by atomic mass is 16.3. The molecule has 1 aliphatic rings. The molecule has 1 saturated heterocycles. The van der Waals surface area contributed by atoms with E-state index >= 15 is 0 Å². The molecule has 2 aromatic rings. The second kappa shape index (κ2) is 8.56. The van der Waals surface area contributed by atoms with Crippen LogP contribution in [0.15, 0.2) is 48.7 Å². The molecule has 0 spiro atoms. The van der Waals surface area contributed by atoms with Crippen molar-refractivity contribution in [2.75, 3.05) is 19.6 Å². The minimum absolute atomic E-state index is 0.446. The molecule has 134 valence electrons. The van der Waals surface area contributed by atoms with Gasteiger partial charge in [-0.2, -0.15) is 0 Å². The molecule has 3 atom stereocenters. The molecule has 1 aromatic carbocycles. The van der Waals surface area contributed by atoms with E-state index in [-0.39, 0.29) is 0 Å². The lowest BCUT2D eigenvalue weighted by atomic mass is 9.93. The van der Waals surface area contributed by atoms with E-state index < -0.39 is 6.10 Å². The van der Waals surface area contributed by atoms with Crippen LogP contribution in [0.3, 0.4) is 0 Å². The summed E-state index contributed by atoms with van der Waals surface area (Å²) in [6, 6.07) is 14.7. The number of benzene rings is 1. The molecule has 0 bridgehead atoms. The summed E-state index contributed by atoms with van der Waals surface area (Å²) in [6.07, 6.45) is 2.52. The van der Waals surface area contributed by atoms with Gasteiger partial charge in [-0.1, -0.05) is 42.8 Å². The molecule has 0 aliphatic carbocycles. The zero-order valence-electron chi connectivity index (χ0n) is 15.2. The summed E-state index contributed by atoms with van der Waals surface area (Å²) in [5, 5.41) is 14.0. The summed E-state index contributed by atoms with van der Waals surface area (Å²) in [5.41, 5.74) is 3.32. The third-order valence-corrected chi connectivity index (χ3v) is 5.10. The third-order valence-electron chi connectivity index (χ3n) is 5.10. The van der Waals surface area contributed by atoms with Crippen molar-refractivity contribution in [2.45, 2.75) is 39.0 Å². The molecule has 1 aliphatic heterocycles. The number of hydrogen-bond acceptors (Lipinski definition) is 4. The first-order valence-corrected chi connectivity index (χ1v) is 9.22. The Morgan fingerprint density at radius 2 is 2.16 bits per heavy atom. The fraction of sp³-hybridized carbons (Fsp3) is 0.476. The van der Waals surface area contributed by atoms with Gasteiger partial charge in [0.05, 0.1) is 11.8 Å². The standard InChI is InChI=1S/C21H29N3O/c1-16-6-5-7-18(12-16)21(25)13-23-20-9-11-24(14-17(20)2)15-19-8-3-4-10-22-19/h3-8,10,12,17,20-21,23,25H,9,11,13-15H2,1-2H3. The largest absolute Gasteiger partial charge is 0.387 e. The normalized spacial score (nSPS) is 22.7. The fourth-order valence-corrected chi connectivity index (χ4v) is 3.66. The minimum Gasteiger partial charge on any atom is -0.387 e. The van der Waals surface area contributed by atoms with E-state index in [1.54, 1.807) is 0 Å². The summed E-state index contributed by atoms with van der Waals surface area (Å²) >= 11 is 0. The van der Waals surface area contributed by atoms with Crippen molar-refractivity contribution in [3.05, 3.63) is 65.5 Å². The number of piperidine rings is 1. The van der Waals surface area contributed by atoms with Gasteiger partial charge in [0, 0.05) is 38.4 Å². The Hall–Kier alpha value is -1.75. The van der Waals surface area contributed by atoms with Gasteiger partial charge in [0.15, 0.2) is 0 Å². The number of aromatic nitrogens is 1. The van der Waals surface area contributed by atoms with Crippen molar-refractivity contribution in [3.63, 3.8) is 0 Å². The molecule has 4 nitrogen and oxygen atoms in total. The second-order valence-corrected chi connectivity index (χ2v) is 7.27. The molecule has 3 rings (SSSR count). The number of aliphatic hydroxyl groups excluding tert-OH is 1.